The first-order valence-corrected chi connectivity index (χ1v) is 7.72. The summed E-state index contributed by atoms with van der Waals surface area (Å²) in [6, 6.07) is 12.9. The van der Waals surface area contributed by atoms with Gasteiger partial charge in [-0.1, -0.05) is 39.9 Å². The van der Waals surface area contributed by atoms with Crippen LogP contribution in [0.5, 0.6) is 5.75 Å². The largest absolute Gasteiger partial charge is 0.481 e. The molecule has 0 spiro atoms. The average Bonchev–Trinajstić information content (AvgIpc) is 2.58. The lowest BCUT2D eigenvalue weighted by Gasteiger charge is -2.02. The van der Waals surface area contributed by atoms with Crippen LogP contribution in [-0.4, -0.2) is 24.0 Å². The highest BCUT2D eigenvalue weighted by molar-refractivity contribution is 9.10. The lowest BCUT2D eigenvalue weighted by atomic mass is 10.2. The van der Waals surface area contributed by atoms with Crippen molar-refractivity contribution >= 4 is 27.5 Å². The molecular formula is C17H13BrN2O4. The summed E-state index contributed by atoms with van der Waals surface area (Å²) < 4.78 is 6.34. The molecule has 24 heavy (non-hydrogen) atoms. The van der Waals surface area contributed by atoms with Gasteiger partial charge in [-0.25, -0.2) is 0 Å². The van der Waals surface area contributed by atoms with Gasteiger partial charge in [0, 0.05) is 22.2 Å². The zero-order valence-corrected chi connectivity index (χ0v) is 14.1. The van der Waals surface area contributed by atoms with Crippen LogP contribution in [-0.2, 0) is 0 Å². The van der Waals surface area contributed by atoms with Crippen molar-refractivity contribution in [3.05, 3.63) is 68.7 Å². The minimum Gasteiger partial charge on any atom is -0.481 e. The van der Waals surface area contributed by atoms with Gasteiger partial charge in [-0.2, -0.15) is 0 Å². The van der Waals surface area contributed by atoms with Crippen molar-refractivity contribution in [2.45, 2.75) is 0 Å². The van der Waals surface area contributed by atoms with Crippen LogP contribution in [0.25, 0.3) is 0 Å². The smallest absolute Gasteiger partial charge is 0.270 e. The van der Waals surface area contributed by atoms with Gasteiger partial charge >= 0.3 is 0 Å². The molecular weight excluding hydrogens is 376 g/mol. The van der Waals surface area contributed by atoms with Crippen LogP contribution in [0.3, 0.4) is 0 Å². The molecule has 0 aliphatic carbocycles. The monoisotopic (exact) mass is 388 g/mol. The third-order valence-corrected chi connectivity index (χ3v) is 3.38. The number of non-ortho nitro benzene ring substituents is 1. The van der Waals surface area contributed by atoms with Crippen molar-refractivity contribution in [3.63, 3.8) is 0 Å². The van der Waals surface area contributed by atoms with E-state index in [0.717, 1.165) is 4.47 Å². The molecule has 2 rings (SSSR count). The number of nitrogens with zero attached hydrogens (tertiary/aromatic N) is 1. The van der Waals surface area contributed by atoms with Gasteiger partial charge in [-0.3, -0.25) is 14.9 Å². The number of nitrogens with one attached hydrogen (secondary N) is 1. The van der Waals surface area contributed by atoms with Gasteiger partial charge in [0.15, 0.2) is 0 Å². The molecule has 6 nitrogen and oxygen atoms in total. The molecule has 7 heteroatoms. The minimum atomic E-state index is -0.546. The van der Waals surface area contributed by atoms with Crippen LogP contribution in [0.2, 0.25) is 0 Å². The minimum absolute atomic E-state index is 0.128. The van der Waals surface area contributed by atoms with E-state index in [4.69, 9.17) is 4.74 Å². The Balaban J connectivity index is 1.79. The maximum Gasteiger partial charge on any atom is 0.270 e. The van der Waals surface area contributed by atoms with E-state index in [2.05, 4.69) is 33.1 Å². The number of nitro groups is 1. The lowest BCUT2D eigenvalue weighted by Crippen LogP contribution is -2.23. The van der Waals surface area contributed by atoms with Crippen molar-refractivity contribution in [2.75, 3.05) is 13.2 Å². The van der Waals surface area contributed by atoms with Crippen molar-refractivity contribution in [2.24, 2.45) is 0 Å². The Kier molecular flexibility index (Phi) is 6.34. The zero-order chi connectivity index (χ0) is 17.4. The lowest BCUT2D eigenvalue weighted by molar-refractivity contribution is -0.384. The van der Waals surface area contributed by atoms with Crippen LogP contribution in [0.15, 0.2) is 53.0 Å². The predicted molar refractivity (Wildman–Crippen MR) is 92.8 cm³/mol. The number of hydrogen-bond donors (Lipinski definition) is 1. The molecule has 0 atom stereocenters. The molecule has 122 valence electrons. The summed E-state index contributed by atoms with van der Waals surface area (Å²) in [5.41, 5.74) is 0.0903. The number of amides is 1. The van der Waals surface area contributed by atoms with E-state index in [9.17, 15) is 14.9 Å². The molecule has 0 saturated heterocycles. The number of carbonyl (C=O) groups is 1. The molecule has 1 N–H and O–H groups in total. The second-order valence-electron chi connectivity index (χ2n) is 4.59. The summed E-state index contributed by atoms with van der Waals surface area (Å²) in [5.74, 6) is 5.81. The van der Waals surface area contributed by atoms with Crippen LogP contribution in [0, 0.1) is 22.0 Å². The SMILES string of the molecule is O=C(NCC#CCOc1cccc(Br)c1)c1cccc([N+](=O)[O-])c1. The predicted octanol–water partition coefficient (Wildman–Crippen LogP) is 3.17. The molecule has 2 aromatic carbocycles. The average molecular weight is 389 g/mol. The van der Waals surface area contributed by atoms with Gasteiger partial charge in [-0.15, -0.1) is 0 Å². The fourth-order valence-electron chi connectivity index (χ4n) is 1.78. The van der Waals surface area contributed by atoms with E-state index in [-0.39, 0.29) is 24.4 Å². The fraction of sp³-hybridized carbons (Fsp3) is 0.118. The quantitative estimate of drug-likeness (QED) is 0.484. The molecule has 0 aliphatic heterocycles. The van der Waals surface area contributed by atoms with Gasteiger partial charge in [0.1, 0.15) is 12.4 Å². The maximum atomic E-state index is 11.9. The normalized spacial score (nSPS) is 9.54. The van der Waals surface area contributed by atoms with E-state index in [1.165, 1.54) is 24.3 Å². The highest BCUT2D eigenvalue weighted by Gasteiger charge is 2.10. The summed E-state index contributed by atoms with van der Waals surface area (Å²) in [6.45, 7) is 0.326. The van der Waals surface area contributed by atoms with Crippen molar-refractivity contribution in [3.8, 4) is 17.6 Å². The number of halogens is 1. The first kappa shape index (κ1) is 17.5. The van der Waals surface area contributed by atoms with Crippen LogP contribution in [0.4, 0.5) is 5.69 Å². The molecule has 0 heterocycles. The topological polar surface area (TPSA) is 81.5 Å². The summed E-state index contributed by atoms with van der Waals surface area (Å²) in [6.07, 6.45) is 0. The van der Waals surface area contributed by atoms with Gasteiger partial charge in [-0.05, 0) is 24.3 Å². The van der Waals surface area contributed by atoms with Crippen molar-refractivity contribution in [1.82, 2.24) is 5.32 Å². The van der Waals surface area contributed by atoms with Crippen LogP contribution in [0.1, 0.15) is 10.4 Å². The molecule has 0 bridgehead atoms. The fourth-order valence-corrected chi connectivity index (χ4v) is 2.16. The number of ether oxygens (including phenoxy) is 1. The molecule has 0 aromatic heterocycles. The number of hydrogen-bond acceptors (Lipinski definition) is 4. The van der Waals surface area contributed by atoms with Crippen LogP contribution < -0.4 is 10.1 Å². The number of nitro benzene ring substituents is 1. The Hall–Kier alpha value is -2.85. The van der Waals surface area contributed by atoms with Crippen LogP contribution >= 0.6 is 15.9 Å². The maximum absolute atomic E-state index is 11.9. The first-order chi connectivity index (χ1) is 11.6. The van der Waals surface area contributed by atoms with Crippen molar-refractivity contribution < 1.29 is 14.5 Å². The molecule has 2 aromatic rings. The molecule has 0 radical (unpaired) electrons. The number of carbonyl (C=O) groups excluding carboxylic acids is 1. The van der Waals surface area contributed by atoms with E-state index in [1.54, 1.807) is 0 Å². The standard InChI is InChI=1S/C17H13BrN2O4/c18-14-6-4-8-16(12-14)24-10-2-1-9-19-17(21)13-5-3-7-15(11-13)20(22)23/h3-8,11-12H,9-10H2,(H,19,21). The third kappa shape index (κ3) is 5.41. The highest BCUT2D eigenvalue weighted by atomic mass is 79.9. The molecule has 1 amide bonds. The Morgan fingerprint density at radius 1 is 1.21 bits per heavy atom. The zero-order valence-electron chi connectivity index (χ0n) is 12.5. The number of benzene rings is 2. The van der Waals surface area contributed by atoms with Gasteiger partial charge in [0.25, 0.3) is 11.6 Å². The first-order valence-electron chi connectivity index (χ1n) is 6.93. The number of rotatable bonds is 5. The van der Waals surface area contributed by atoms with Gasteiger partial charge in [0.2, 0.25) is 0 Å². The Labute approximate surface area is 147 Å². The molecule has 0 aliphatic rings. The van der Waals surface area contributed by atoms with Gasteiger partial charge in [0.05, 0.1) is 11.5 Å². The van der Waals surface area contributed by atoms with Crippen molar-refractivity contribution in [1.29, 1.82) is 0 Å². The molecule has 0 fully saturated rings. The Bertz CT molecular complexity index is 811. The second-order valence-corrected chi connectivity index (χ2v) is 5.51. The summed E-state index contributed by atoms with van der Waals surface area (Å²) in [5, 5.41) is 13.3. The van der Waals surface area contributed by atoms with E-state index >= 15 is 0 Å². The van der Waals surface area contributed by atoms with E-state index in [0.29, 0.717) is 5.75 Å². The summed E-state index contributed by atoms with van der Waals surface area (Å²) in [7, 11) is 0. The third-order valence-electron chi connectivity index (χ3n) is 2.89. The molecule has 0 unspecified atom stereocenters. The second kappa shape index (κ2) is 8.70. The van der Waals surface area contributed by atoms with E-state index < -0.39 is 10.8 Å². The highest BCUT2D eigenvalue weighted by Crippen LogP contribution is 2.17. The van der Waals surface area contributed by atoms with Gasteiger partial charge < -0.3 is 10.1 Å². The summed E-state index contributed by atoms with van der Waals surface area (Å²) in [4.78, 5) is 22.0. The molecule has 0 saturated carbocycles. The Morgan fingerprint density at radius 2 is 2.00 bits per heavy atom. The van der Waals surface area contributed by atoms with E-state index in [1.807, 2.05) is 24.3 Å². The Morgan fingerprint density at radius 3 is 2.75 bits per heavy atom. The summed E-state index contributed by atoms with van der Waals surface area (Å²) >= 11 is 3.34.